The van der Waals surface area contributed by atoms with Crippen LogP contribution < -0.4 is 0 Å². The van der Waals surface area contributed by atoms with Gasteiger partial charge in [-0.05, 0) is 12.8 Å². The molecule has 22 heavy (non-hydrogen) atoms. The average molecular weight is 356 g/mol. The first-order valence-electron chi connectivity index (χ1n) is 8.74. The number of hydrogen-bond acceptors (Lipinski definition) is 3. The van der Waals surface area contributed by atoms with Crippen LogP contribution in [0, 0.1) is 0 Å². The maximum atomic E-state index is 11.6. The van der Waals surface area contributed by atoms with Crippen LogP contribution >= 0.6 is 17.7 Å². The van der Waals surface area contributed by atoms with Gasteiger partial charge in [-0.2, -0.15) is 9.90 Å². The molecule has 0 amide bonds. The second-order valence-corrected chi connectivity index (χ2v) is 7.12. The lowest BCUT2D eigenvalue weighted by atomic mass is 10.1. The molecule has 0 rings (SSSR count). The van der Waals surface area contributed by atoms with Crippen molar-refractivity contribution in [3.63, 3.8) is 0 Å². The zero-order chi connectivity index (χ0) is 15.8. The lowest BCUT2D eigenvalue weighted by Crippen LogP contribution is -1.99. The van der Waals surface area contributed by atoms with Gasteiger partial charge in [0.05, 0.1) is 13.2 Å². The van der Waals surface area contributed by atoms with Crippen molar-refractivity contribution in [3.8, 4) is 0 Å². The van der Waals surface area contributed by atoms with Crippen molar-refractivity contribution in [2.24, 2.45) is 0 Å². The molecule has 0 saturated carbocycles. The summed E-state index contributed by atoms with van der Waals surface area (Å²) in [4.78, 5) is 9.51. The number of unbranched alkanes of at least 4 members (excludes halogenated alkanes) is 10. The summed E-state index contributed by atoms with van der Waals surface area (Å²) in [7, 11) is -3.82. The predicted molar refractivity (Wildman–Crippen MR) is 99.6 cm³/mol. The lowest BCUT2D eigenvalue weighted by molar-refractivity contribution is 0.145. The molecular weight excluding hydrogens is 318 g/mol. The fourth-order valence-electron chi connectivity index (χ4n) is 2.16. The Bertz CT molecular complexity index is 241. The second kappa shape index (κ2) is 17.9. The van der Waals surface area contributed by atoms with Crippen LogP contribution in [0.3, 0.4) is 0 Å². The highest BCUT2D eigenvalue weighted by atomic mass is 31.2. The Hall–Kier alpha value is 0.540. The molecule has 0 aliphatic carbocycles. The average Bonchev–Trinajstić information content (AvgIpc) is 2.45. The fraction of sp³-hybridized carbons (Fsp3) is 1.00. The number of phosphoric ester groups is 1. The van der Waals surface area contributed by atoms with Crippen molar-refractivity contribution in [3.05, 3.63) is 0 Å². The molecule has 1 unspecified atom stereocenters. The summed E-state index contributed by atoms with van der Waals surface area (Å²) in [5.41, 5.74) is 0. The first kappa shape index (κ1) is 24.8. The summed E-state index contributed by atoms with van der Waals surface area (Å²) in [6, 6.07) is 0. The SMILES string of the molecule is CCCCCCCCOP(=O)(O)OCCCCCCCC.P. The zero-order valence-corrected chi connectivity index (χ0v) is 17.0. The molecule has 4 nitrogen and oxygen atoms in total. The van der Waals surface area contributed by atoms with Crippen molar-refractivity contribution >= 4 is 17.7 Å². The van der Waals surface area contributed by atoms with E-state index in [-0.39, 0.29) is 9.90 Å². The molecule has 0 aliphatic heterocycles. The third kappa shape index (κ3) is 18.6. The Morgan fingerprint density at radius 2 is 1.00 bits per heavy atom. The normalized spacial score (nSPS) is 11.4. The standard InChI is InChI=1S/C16H35O4P.H3P/c1-3-5-7-9-11-13-15-19-21(17,18)20-16-14-12-10-8-6-4-2;/h3-16H2,1-2H3,(H,17,18);1H3. The summed E-state index contributed by atoms with van der Waals surface area (Å²) >= 11 is 0. The molecule has 0 aromatic rings. The molecule has 0 fully saturated rings. The van der Waals surface area contributed by atoms with Gasteiger partial charge in [0.15, 0.2) is 0 Å². The third-order valence-electron chi connectivity index (χ3n) is 3.50. The van der Waals surface area contributed by atoms with E-state index in [1.165, 1.54) is 51.4 Å². The Balaban J connectivity index is 0. The molecule has 0 saturated heterocycles. The molecule has 0 radical (unpaired) electrons. The summed E-state index contributed by atoms with van der Waals surface area (Å²) in [5, 5.41) is 0. The van der Waals surface area contributed by atoms with E-state index in [4.69, 9.17) is 9.05 Å². The molecule has 1 atom stereocenters. The second-order valence-electron chi connectivity index (χ2n) is 5.67. The van der Waals surface area contributed by atoms with Crippen LogP contribution in [0.4, 0.5) is 0 Å². The molecule has 0 aliphatic rings. The van der Waals surface area contributed by atoms with Crippen LogP contribution in [-0.4, -0.2) is 18.1 Å². The minimum atomic E-state index is -3.82. The van der Waals surface area contributed by atoms with Gasteiger partial charge < -0.3 is 4.89 Å². The monoisotopic (exact) mass is 356 g/mol. The van der Waals surface area contributed by atoms with Gasteiger partial charge in [-0.15, -0.1) is 0 Å². The van der Waals surface area contributed by atoms with E-state index in [0.29, 0.717) is 13.2 Å². The van der Waals surface area contributed by atoms with Crippen molar-refractivity contribution in [1.82, 2.24) is 0 Å². The van der Waals surface area contributed by atoms with Gasteiger partial charge in [0.25, 0.3) is 0 Å². The van der Waals surface area contributed by atoms with Crippen molar-refractivity contribution in [1.29, 1.82) is 0 Å². The number of phosphoric acid groups is 1. The largest absolute Gasteiger partial charge is 0.472 e. The maximum absolute atomic E-state index is 11.6. The van der Waals surface area contributed by atoms with Crippen LogP contribution in [0.15, 0.2) is 0 Å². The Morgan fingerprint density at radius 3 is 1.36 bits per heavy atom. The summed E-state index contributed by atoms with van der Waals surface area (Å²) in [6.45, 7) is 5.01. The topological polar surface area (TPSA) is 55.8 Å². The van der Waals surface area contributed by atoms with Crippen molar-refractivity contribution < 1.29 is 18.5 Å². The molecule has 136 valence electrons. The predicted octanol–water partition coefficient (Wildman–Crippen LogP) is 5.90. The van der Waals surface area contributed by atoms with E-state index in [9.17, 15) is 9.46 Å². The van der Waals surface area contributed by atoms with E-state index >= 15 is 0 Å². The van der Waals surface area contributed by atoms with E-state index in [1.807, 2.05) is 0 Å². The number of hydrogen-bond donors (Lipinski definition) is 1. The van der Waals surface area contributed by atoms with E-state index in [0.717, 1.165) is 25.7 Å². The quantitative estimate of drug-likeness (QED) is 0.276. The molecule has 0 spiro atoms. The Kier molecular flexibility index (Phi) is 20.2. The van der Waals surface area contributed by atoms with Gasteiger partial charge in [-0.1, -0.05) is 78.1 Å². The highest BCUT2D eigenvalue weighted by Crippen LogP contribution is 2.43. The van der Waals surface area contributed by atoms with Crippen LogP contribution in [0.2, 0.25) is 0 Å². The van der Waals surface area contributed by atoms with E-state index in [2.05, 4.69) is 13.8 Å². The molecule has 6 heteroatoms. The summed E-state index contributed by atoms with van der Waals surface area (Å²) < 4.78 is 21.5. The van der Waals surface area contributed by atoms with Crippen LogP contribution in [0.25, 0.3) is 0 Å². The summed E-state index contributed by atoms with van der Waals surface area (Å²) in [5.74, 6) is 0. The van der Waals surface area contributed by atoms with Gasteiger partial charge in [0, 0.05) is 0 Å². The van der Waals surface area contributed by atoms with E-state index < -0.39 is 7.82 Å². The molecule has 1 N–H and O–H groups in total. The van der Waals surface area contributed by atoms with Crippen molar-refractivity contribution in [2.75, 3.05) is 13.2 Å². The van der Waals surface area contributed by atoms with E-state index in [1.54, 1.807) is 0 Å². The Labute approximate surface area is 141 Å². The first-order valence-corrected chi connectivity index (χ1v) is 10.2. The molecule has 0 heterocycles. The minimum absolute atomic E-state index is 0. The molecule has 0 bridgehead atoms. The summed E-state index contributed by atoms with van der Waals surface area (Å²) in [6.07, 6.45) is 13.6. The van der Waals surface area contributed by atoms with Gasteiger partial charge in [0.1, 0.15) is 0 Å². The van der Waals surface area contributed by atoms with Gasteiger partial charge >= 0.3 is 7.82 Å². The van der Waals surface area contributed by atoms with Crippen LogP contribution in [0.5, 0.6) is 0 Å². The lowest BCUT2D eigenvalue weighted by Gasteiger charge is -2.12. The van der Waals surface area contributed by atoms with Crippen LogP contribution in [-0.2, 0) is 13.6 Å². The highest BCUT2D eigenvalue weighted by Gasteiger charge is 2.19. The first-order chi connectivity index (χ1) is 10.1. The maximum Gasteiger partial charge on any atom is 0.472 e. The Morgan fingerprint density at radius 1 is 0.682 bits per heavy atom. The van der Waals surface area contributed by atoms with Gasteiger partial charge in [-0.3, -0.25) is 9.05 Å². The van der Waals surface area contributed by atoms with Gasteiger partial charge in [0.2, 0.25) is 0 Å². The minimum Gasteiger partial charge on any atom is -0.302 e. The molecular formula is C16H38O4P2. The van der Waals surface area contributed by atoms with Gasteiger partial charge in [-0.25, -0.2) is 4.57 Å². The number of rotatable bonds is 16. The smallest absolute Gasteiger partial charge is 0.302 e. The fourth-order valence-corrected chi connectivity index (χ4v) is 2.96. The van der Waals surface area contributed by atoms with Crippen LogP contribution in [0.1, 0.15) is 90.9 Å². The zero-order valence-electron chi connectivity index (χ0n) is 14.7. The highest BCUT2D eigenvalue weighted by molar-refractivity contribution is 7.47. The third-order valence-corrected chi connectivity index (χ3v) is 4.52. The molecule has 0 aromatic heterocycles. The molecule has 0 aromatic carbocycles. The van der Waals surface area contributed by atoms with Crippen molar-refractivity contribution in [2.45, 2.75) is 90.9 Å².